The average molecular weight is 305 g/mol. The summed E-state index contributed by atoms with van der Waals surface area (Å²) in [6, 6.07) is 1.33. The molecule has 120 valence electrons. The highest BCUT2D eigenvalue weighted by Crippen LogP contribution is 2.47. The van der Waals surface area contributed by atoms with E-state index >= 15 is 0 Å². The van der Waals surface area contributed by atoms with Crippen LogP contribution in [0.1, 0.15) is 66.4 Å². The Morgan fingerprint density at radius 1 is 1.32 bits per heavy atom. The fourth-order valence-corrected chi connectivity index (χ4v) is 4.07. The number of amides is 1. The SMILES string of the molecule is CC1CCN(C(=O)c2cc(C(=O)O)co2)CC12CCCCC2. The maximum Gasteiger partial charge on any atom is 0.338 e. The summed E-state index contributed by atoms with van der Waals surface area (Å²) in [5.41, 5.74) is 0.273. The minimum absolute atomic E-state index is 0.0288. The monoisotopic (exact) mass is 305 g/mol. The van der Waals surface area contributed by atoms with Crippen LogP contribution in [0.5, 0.6) is 0 Å². The highest BCUT2D eigenvalue weighted by atomic mass is 16.4. The van der Waals surface area contributed by atoms with E-state index in [1.54, 1.807) is 0 Å². The fraction of sp³-hybridized carbons (Fsp3) is 0.647. The second-order valence-electron chi connectivity index (χ2n) is 6.84. The number of nitrogens with zero attached hydrogens (tertiary/aromatic N) is 1. The number of hydrogen-bond acceptors (Lipinski definition) is 3. The smallest absolute Gasteiger partial charge is 0.338 e. The van der Waals surface area contributed by atoms with E-state index in [0.29, 0.717) is 5.92 Å². The summed E-state index contributed by atoms with van der Waals surface area (Å²) in [4.78, 5) is 25.4. The van der Waals surface area contributed by atoms with Gasteiger partial charge in [-0.1, -0.05) is 26.2 Å². The van der Waals surface area contributed by atoms with Gasteiger partial charge in [-0.25, -0.2) is 4.79 Å². The minimum Gasteiger partial charge on any atom is -0.478 e. The Labute approximate surface area is 130 Å². The van der Waals surface area contributed by atoms with Gasteiger partial charge in [0.1, 0.15) is 6.26 Å². The first-order valence-corrected chi connectivity index (χ1v) is 8.13. The van der Waals surface area contributed by atoms with Gasteiger partial charge >= 0.3 is 5.97 Å². The molecule has 1 aromatic heterocycles. The number of carboxylic acids is 1. The third-order valence-electron chi connectivity index (χ3n) is 5.58. The van der Waals surface area contributed by atoms with Gasteiger partial charge in [-0.3, -0.25) is 4.79 Å². The van der Waals surface area contributed by atoms with E-state index in [9.17, 15) is 9.59 Å². The van der Waals surface area contributed by atoms with Gasteiger partial charge in [0, 0.05) is 19.2 Å². The number of aromatic carboxylic acids is 1. The lowest BCUT2D eigenvalue weighted by molar-refractivity contribution is 0.00531. The lowest BCUT2D eigenvalue weighted by atomic mass is 9.63. The maximum absolute atomic E-state index is 12.6. The summed E-state index contributed by atoms with van der Waals surface area (Å²) in [5.74, 6) is -0.468. The van der Waals surface area contributed by atoms with Gasteiger partial charge in [0.2, 0.25) is 0 Å². The molecule has 0 radical (unpaired) electrons. The van der Waals surface area contributed by atoms with Crippen LogP contribution in [0.2, 0.25) is 0 Å². The molecule has 5 heteroatoms. The van der Waals surface area contributed by atoms with Crippen molar-refractivity contribution in [3.05, 3.63) is 23.7 Å². The topological polar surface area (TPSA) is 70.8 Å². The number of likely N-dealkylation sites (tertiary alicyclic amines) is 1. The van der Waals surface area contributed by atoms with E-state index in [0.717, 1.165) is 25.8 Å². The molecular formula is C17H23NO4. The molecule has 3 rings (SSSR count). The third-order valence-corrected chi connectivity index (χ3v) is 5.58. The van der Waals surface area contributed by atoms with Crippen molar-refractivity contribution in [1.82, 2.24) is 4.90 Å². The van der Waals surface area contributed by atoms with Crippen molar-refractivity contribution in [1.29, 1.82) is 0 Å². The van der Waals surface area contributed by atoms with Crippen LogP contribution in [0, 0.1) is 11.3 Å². The molecule has 1 spiro atoms. The lowest BCUT2D eigenvalue weighted by Crippen LogP contribution is -2.50. The van der Waals surface area contributed by atoms with Crippen LogP contribution >= 0.6 is 0 Å². The lowest BCUT2D eigenvalue weighted by Gasteiger charge is -2.49. The average Bonchev–Trinajstić information content (AvgIpc) is 3.00. The second-order valence-corrected chi connectivity index (χ2v) is 6.84. The molecule has 5 nitrogen and oxygen atoms in total. The summed E-state index contributed by atoms with van der Waals surface area (Å²) >= 11 is 0. The Balaban J connectivity index is 1.76. The highest BCUT2D eigenvalue weighted by molar-refractivity contribution is 5.95. The molecule has 1 amide bonds. The van der Waals surface area contributed by atoms with Crippen LogP contribution in [0.3, 0.4) is 0 Å². The normalized spacial score (nSPS) is 24.4. The molecule has 0 bridgehead atoms. The number of furan rings is 1. The predicted molar refractivity (Wildman–Crippen MR) is 80.9 cm³/mol. The molecule has 1 atom stereocenters. The molecule has 1 saturated carbocycles. The van der Waals surface area contributed by atoms with Gasteiger partial charge in [-0.05, 0) is 30.6 Å². The van der Waals surface area contributed by atoms with E-state index in [1.807, 2.05) is 4.90 Å². The van der Waals surface area contributed by atoms with Crippen molar-refractivity contribution < 1.29 is 19.1 Å². The number of carbonyl (C=O) groups excluding carboxylic acids is 1. The Morgan fingerprint density at radius 3 is 2.68 bits per heavy atom. The van der Waals surface area contributed by atoms with Crippen molar-refractivity contribution in [2.45, 2.75) is 45.4 Å². The summed E-state index contributed by atoms with van der Waals surface area (Å²) in [7, 11) is 0. The molecule has 1 aromatic rings. The van der Waals surface area contributed by atoms with Gasteiger partial charge < -0.3 is 14.4 Å². The van der Waals surface area contributed by atoms with Crippen LogP contribution in [0.4, 0.5) is 0 Å². The predicted octanol–water partition coefficient (Wildman–Crippen LogP) is 3.41. The number of rotatable bonds is 2. The van der Waals surface area contributed by atoms with E-state index in [4.69, 9.17) is 9.52 Å². The van der Waals surface area contributed by atoms with Gasteiger partial charge in [-0.2, -0.15) is 0 Å². The number of carbonyl (C=O) groups is 2. The molecule has 2 heterocycles. The van der Waals surface area contributed by atoms with E-state index in [2.05, 4.69) is 6.92 Å². The Kier molecular flexibility index (Phi) is 3.98. The van der Waals surface area contributed by atoms with Crippen molar-refractivity contribution in [2.75, 3.05) is 13.1 Å². The largest absolute Gasteiger partial charge is 0.478 e. The first-order chi connectivity index (χ1) is 10.5. The zero-order chi connectivity index (χ0) is 15.7. The molecule has 2 fully saturated rings. The summed E-state index contributed by atoms with van der Waals surface area (Å²) in [5, 5.41) is 8.94. The number of carboxylic acid groups (broad SMARTS) is 1. The molecule has 0 aromatic carbocycles. The van der Waals surface area contributed by atoms with Crippen molar-refractivity contribution in [3.8, 4) is 0 Å². The van der Waals surface area contributed by atoms with Gasteiger partial charge in [0.05, 0.1) is 5.56 Å². The van der Waals surface area contributed by atoms with Gasteiger partial charge in [0.25, 0.3) is 5.91 Å². The molecule has 1 saturated heterocycles. The van der Waals surface area contributed by atoms with Crippen LogP contribution < -0.4 is 0 Å². The molecule has 1 aliphatic heterocycles. The zero-order valence-electron chi connectivity index (χ0n) is 13.0. The quantitative estimate of drug-likeness (QED) is 0.909. The van der Waals surface area contributed by atoms with Crippen molar-refractivity contribution in [2.24, 2.45) is 11.3 Å². The minimum atomic E-state index is -1.07. The molecule has 1 aliphatic carbocycles. The number of piperidine rings is 1. The first-order valence-electron chi connectivity index (χ1n) is 8.13. The van der Waals surface area contributed by atoms with E-state index in [-0.39, 0.29) is 22.6 Å². The first kappa shape index (κ1) is 15.1. The van der Waals surface area contributed by atoms with Crippen molar-refractivity contribution >= 4 is 11.9 Å². The summed E-state index contributed by atoms with van der Waals surface area (Å²) < 4.78 is 5.17. The Hall–Kier alpha value is -1.78. The van der Waals surface area contributed by atoms with Crippen molar-refractivity contribution in [3.63, 3.8) is 0 Å². The molecule has 22 heavy (non-hydrogen) atoms. The van der Waals surface area contributed by atoms with E-state index < -0.39 is 5.97 Å². The summed E-state index contributed by atoms with van der Waals surface area (Å²) in [6.07, 6.45) is 8.32. The van der Waals surface area contributed by atoms with Crippen LogP contribution in [-0.2, 0) is 0 Å². The zero-order valence-corrected chi connectivity index (χ0v) is 13.0. The maximum atomic E-state index is 12.6. The molecule has 1 N–H and O–H groups in total. The van der Waals surface area contributed by atoms with Crippen LogP contribution in [0.25, 0.3) is 0 Å². The van der Waals surface area contributed by atoms with Crippen LogP contribution in [0.15, 0.2) is 16.7 Å². The number of hydrogen-bond donors (Lipinski definition) is 1. The molecule has 1 unspecified atom stereocenters. The second kappa shape index (κ2) is 5.78. The van der Waals surface area contributed by atoms with Gasteiger partial charge in [-0.15, -0.1) is 0 Å². The molecule has 2 aliphatic rings. The fourth-order valence-electron chi connectivity index (χ4n) is 4.07. The molecular weight excluding hydrogens is 282 g/mol. The third kappa shape index (κ3) is 2.64. The highest BCUT2D eigenvalue weighted by Gasteiger charge is 2.43. The van der Waals surface area contributed by atoms with E-state index in [1.165, 1.54) is 38.2 Å². The Bertz CT molecular complexity index is 571. The standard InChI is InChI=1S/C17H23NO4/c1-12-5-8-18(11-17(12)6-3-2-4-7-17)15(19)14-9-13(10-22-14)16(20)21/h9-10,12H,2-8,11H2,1H3,(H,20,21). The Morgan fingerprint density at radius 2 is 2.05 bits per heavy atom. The van der Waals surface area contributed by atoms with Gasteiger partial charge in [0.15, 0.2) is 5.76 Å². The summed E-state index contributed by atoms with van der Waals surface area (Å²) in [6.45, 7) is 3.81. The van der Waals surface area contributed by atoms with Crippen LogP contribution in [-0.4, -0.2) is 35.0 Å².